The molecular formula is C18H23F2NO4. The van der Waals surface area contributed by atoms with Crippen LogP contribution in [0.3, 0.4) is 0 Å². The van der Waals surface area contributed by atoms with Gasteiger partial charge in [0.1, 0.15) is 5.60 Å². The summed E-state index contributed by atoms with van der Waals surface area (Å²) in [7, 11) is 0. The number of halogens is 2. The van der Waals surface area contributed by atoms with Gasteiger partial charge in [0, 0.05) is 0 Å². The lowest BCUT2D eigenvalue weighted by atomic mass is 9.69. The van der Waals surface area contributed by atoms with Crippen LogP contribution >= 0.6 is 0 Å². The number of carboxylic acid groups (broad SMARTS) is 1. The second-order valence-electron chi connectivity index (χ2n) is 7.39. The second-order valence-corrected chi connectivity index (χ2v) is 7.39. The van der Waals surface area contributed by atoms with Gasteiger partial charge in [-0.25, -0.2) is 13.6 Å². The molecule has 0 bridgehead atoms. The van der Waals surface area contributed by atoms with E-state index in [4.69, 9.17) is 4.74 Å². The molecule has 138 valence electrons. The number of amides is 1. The van der Waals surface area contributed by atoms with Gasteiger partial charge in [-0.05, 0) is 51.3 Å². The van der Waals surface area contributed by atoms with Crippen molar-refractivity contribution in [2.24, 2.45) is 0 Å². The first-order chi connectivity index (χ1) is 11.5. The number of ether oxygens (including phenoxy) is 1. The monoisotopic (exact) mass is 355 g/mol. The lowest BCUT2D eigenvalue weighted by Gasteiger charge is -2.34. The average molecular weight is 355 g/mol. The van der Waals surface area contributed by atoms with Gasteiger partial charge in [0.15, 0.2) is 11.6 Å². The SMILES string of the molecule is CC(C)(C)OC(=O)Nc1cc(C2(C(=O)O)CCCCC2)cc(F)c1F. The third kappa shape index (κ3) is 4.27. The Bertz CT molecular complexity index is 676. The smallest absolute Gasteiger partial charge is 0.412 e. The van der Waals surface area contributed by atoms with Gasteiger partial charge in [0.25, 0.3) is 0 Å². The summed E-state index contributed by atoms with van der Waals surface area (Å²) in [6, 6.07) is 2.11. The van der Waals surface area contributed by atoms with Gasteiger partial charge >= 0.3 is 12.1 Å². The molecule has 5 nitrogen and oxygen atoms in total. The molecule has 0 radical (unpaired) electrons. The number of rotatable bonds is 3. The molecule has 2 rings (SSSR count). The number of carbonyl (C=O) groups excluding carboxylic acids is 1. The highest BCUT2D eigenvalue weighted by Crippen LogP contribution is 2.41. The zero-order chi connectivity index (χ0) is 18.8. The van der Waals surface area contributed by atoms with Crippen molar-refractivity contribution in [3.05, 3.63) is 29.3 Å². The fourth-order valence-electron chi connectivity index (χ4n) is 3.15. The van der Waals surface area contributed by atoms with Gasteiger partial charge in [-0.1, -0.05) is 19.3 Å². The number of hydrogen-bond acceptors (Lipinski definition) is 3. The Morgan fingerprint density at radius 3 is 2.28 bits per heavy atom. The van der Waals surface area contributed by atoms with Crippen molar-refractivity contribution in [1.29, 1.82) is 0 Å². The van der Waals surface area contributed by atoms with Crippen molar-refractivity contribution in [1.82, 2.24) is 0 Å². The highest BCUT2D eigenvalue weighted by Gasteiger charge is 2.42. The molecule has 0 aliphatic heterocycles. The summed E-state index contributed by atoms with van der Waals surface area (Å²) >= 11 is 0. The summed E-state index contributed by atoms with van der Waals surface area (Å²) in [5.74, 6) is -3.51. The molecule has 0 spiro atoms. The van der Waals surface area contributed by atoms with E-state index in [1.165, 1.54) is 6.07 Å². The van der Waals surface area contributed by atoms with Crippen LogP contribution in [0.1, 0.15) is 58.4 Å². The molecule has 1 amide bonds. The van der Waals surface area contributed by atoms with E-state index in [1.54, 1.807) is 20.8 Å². The highest BCUT2D eigenvalue weighted by molar-refractivity contribution is 5.86. The van der Waals surface area contributed by atoms with Gasteiger partial charge in [-0.3, -0.25) is 10.1 Å². The minimum Gasteiger partial charge on any atom is -0.481 e. The van der Waals surface area contributed by atoms with Crippen LogP contribution in [0.15, 0.2) is 12.1 Å². The molecule has 7 heteroatoms. The molecular weight excluding hydrogens is 332 g/mol. The Hall–Kier alpha value is -2.18. The largest absolute Gasteiger partial charge is 0.481 e. The summed E-state index contributed by atoms with van der Waals surface area (Å²) < 4.78 is 33.2. The third-order valence-electron chi connectivity index (χ3n) is 4.33. The molecule has 1 aliphatic carbocycles. The van der Waals surface area contributed by atoms with E-state index < -0.39 is 40.4 Å². The second kappa shape index (κ2) is 6.98. The van der Waals surface area contributed by atoms with Crippen molar-refractivity contribution < 1.29 is 28.2 Å². The standard InChI is InChI=1S/C18H23F2NO4/c1-17(2,3)25-16(24)21-13-10-11(9-12(19)14(13)20)18(15(22)23)7-5-4-6-8-18/h9-10H,4-8H2,1-3H3,(H,21,24)(H,22,23). The summed E-state index contributed by atoms with van der Waals surface area (Å²) in [6.07, 6.45) is 2.05. The predicted molar refractivity (Wildman–Crippen MR) is 88.6 cm³/mol. The Morgan fingerprint density at radius 2 is 1.76 bits per heavy atom. The Labute approximate surface area is 145 Å². The molecule has 1 aliphatic rings. The van der Waals surface area contributed by atoms with Gasteiger partial charge in [-0.2, -0.15) is 0 Å². The number of carboxylic acids is 1. The Balaban J connectivity index is 2.40. The van der Waals surface area contributed by atoms with E-state index in [0.717, 1.165) is 12.5 Å². The van der Waals surface area contributed by atoms with E-state index in [2.05, 4.69) is 5.32 Å². The summed E-state index contributed by atoms with van der Waals surface area (Å²) in [5, 5.41) is 11.9. The molecule has 0 unspecified atom stereocenters. The van der Waals surface area contributed by atoms with E-state index in [1.807, 2.05) is 0 Å². The van der Waals surface area contributed by atoms with E-state index in [9.17, 15) is 23.5 Å². The van der Waals surface area contributed by atoms with Crippen LogP contribution in [0.5, 0.6) is 0 Å². The normalized spacial score (nSPS) is 17.0. The maximum Gasteiger partial charge on any atom is 0.412 e. The van der Waals surface area contributed by atoms with E-state index in [0.29, 0.717) is 25.7 Å². The lowest BCUT2D eigenvalue weighted by molar-refractivity contribution is -0.145. The number of hydrogen-bond donors (Lipinski definition) is 2. The van der Waals surface area contributed by atoms with Crippen molar-refractivity contribution in [3.8, 4) is 0 Å². The van der Waals surface area contributed by atoms with Crippen molar-refractivity contribution in [3.63, 3.8) is 0 Å². The van der Waals surface area contributed by atoms with Crippen LogP contribution in [0.2, 0.25) is 0 Å². The first kappa shape index (κ1) is 19.1. The molecule has 0 atom stereocenters. The first-order valence-electron chi connectivity index (χ1n) is 8.28. The minimum absolute atomic E-state index is 0.157. The Kier molecular flexibility index (Phi) is 5.34. The number of aliphatic carboxylic acids is 1. The van der Waals surface area contributed by atoms with Crippen LogP contribution in [0.25, 0.3) is 0 Å². The molecule has 0 heterocycles. The van der Waals surface area contributed by atoms with Crippen molar-refractivity contribution in [2.75, 3.05) is 5.32 Å². The average Bonchev–Trinajstić information content (AvgIpc) is 2.50. The minimum atomic E-state index is -1.27. The number of carbonyl (C=O) groups is 2. The summed E-state index contributed by atoms with van der Waals surface area (Å²) in [4.78, 5) is 23.7. The third-order valence-corrected chi connectivity index (χ3v) is 4.33. The van der Waals surface area contributed by atoms with Crippen LogP contribution in [0, 0.1) is 11.6 Å². The maximum absolute atomic E-state index is 14.1. The van der Waals surface area contributed by atoms with Crippen molar-refractivity contribution >= 4 is 17.7 Å². The van der Waals surface area contributed by atoms with Crippen LogP contribution in [-0.2, 0) is 14.9 Å². The van der Waals surface area contributed by atoms with Gasteiger partial charge < -0.3 is 9.84 Å². The lowest BCUT2D eigenvalue weighted by Crippen LogP contribution is -2.38. The molecule has 0 saturated heterocycles. The number of nitrogens with one attached hydrogen (secondary N) is 1. The fourth-order valence-corrected chi connectivity index (χ4v) is 3.15. The molecule has 2 N–H and O–H groups in total. The first-order valence-corrected chi connectivity index (χ1v) is 8.28. The summed E-state index contributed by atoms with van der Waals surface area (Å²) in [5.41, 5.74) is -2.33. The highest BCUT2D eigenvalue weighted by atomic mass is 19.2. The number of anilines is 1. The molecule has 0 aromatic heterocycles. The van der Waals surface area contributed by atoms with E-state index >= 15 is 0 Å². The number of benzene rings is 1. The molecule has 1 aromatic carbocycles. The molecule has 1 aromatic rings. The van der Waals surface area contributed by atoms with Gasteiger partial charge in [0.05, 0.1) is 11.1 Å². The quantitative estimate of drug-likeness (QED) is 0.831. The van der Waals surface area contributed by atoms with Crippen LogP contribution in [0.4, 0.5) is 19.3 Å². The van der Waals surface area contributed by atoms with Gasteiger partial charge in [-0.15, -0.1) is 0 Å². The van der Waals surface area contributed by atoms with Gasteiger partial charge in [0.2, 0.25) is 0 Å². The maximum atomic E-state index is 14.1. The summed E-state index contributed by atoms with van der Waals surface area (Å²) in [6.45, 7) is 4.92. The Morgan fingerprint density at radius 1 is 1.16 bits per heavy atom. The zero-order valence-corrected chi connectivity index (χ0v) is 14.6. The fraction of sp³-hybridized carbons (Fsp3) is 0.556. The molecule has 1 fully saturated rings. The van der Waals surface area contributed by atoms with E-state index in [-0.39, 0.29) is 5.56 Å². The topological polar surface area (TPSA) is 75.6 Å². The predicted octanol–water partition coefficient (Wildman–Crippen LogP) is 4.60. The van der Waals surface area contributed by atoms with Crippen LogP contribution < -0.4 is 5.32 Å². The zero-order valence-electron chi connectivity index (χ0n) is 14.6. The molecule has 1 saturated carbocycles. The van der Waals surface area contributed by atoms with Crippen molar-refractivity contribution in [2.45, 2.75) is 63.9 Å². The molecule has 25 heavy (non-hydrogen) atoms. The van der Waals surface area contributed by atoms with Crippen LogP contribution in [-0.4, -0.2) is 22.8 Å².